The van der Waals surface area contributed by atoms with Crippen LogP contribution in [0.25, 0.3) is 0 Å². The molecule has 20 heavy (non-hydrogen) atoms. The minimum atomic E-state index is -0.616. The number of thiocarbonyl (C=S) groups is 1. The van der Waals surface area contributed by atoms with Crippen molar-refractivity contribution in [3.63, 3.8) is 0 Å². The number of hydrogen-bond donors (Lipinski definition) is 2. The normalized spacial score (nSPS) is 10.1. The molecule has 0 aliphatic rings. The van der Waals surface area contributed by atoms with Gasteiger partial charge in [0.25, 0.3) is 5.91 Å². The molecule has 3 N–H and O–H groups in total. The van der Waals surface area contributed by atoms with E-state index in [2.05, 4.69) is 5.32 Å². The molecule has 0 unspecified atom stereocenters. The molecule has 1 amide bonds. The van der Waals surface area contributed by atoms with E-state index in [1.807, 2.05) is 0 Å². The van der Waals surface area contributed by atoms with Gasteiger partial charge in [-0.05, 0) is 36.4 Å². The summed E-state index contributed by atoms with van der Waals surface area (Å²) >= 11 is 4.76. The Balaban J connectivity index is 2.30. The third-order valence-corrected chi connectivity index (χ3v) is 2.82. The quantitative estimate of drug-likeness (QED) is 0.855. The van der Waals surface area contributed by atoms with Crippen LogP contribution in [0, 0.1) is 11.6 Å². The van der Waals surface area contributed by atoms with Crippen LogP contribution in [0.15, 0.2) is 42.5 Å². The topological polar surface area (TPSA) is 55.1 Å². The molecule has 0 heterocycles. The van der Waals surface area contributed by atoms with Crippen LogP contribution in [0.2, 0.25) is 0 Å². The second-order valence-corrected chi connectivity index (χ2v) is 4.43. The van der Waals surface area contributed by atoms with Gasteiger partial charge in [-0.25, -0.2) is 8.78 Å². The lowest BCUT2D eigenvalue weighted by Crippen LogP contribution is -2.19. The van der Waals surface area contributed by atoms with Crippen molar-refractivity contribution in [1.29, 1.82) is 0 Å². The molecule has 102 valence electrons. The molecule has 0 saturated carbocycles. The predicted octanol–water partition coefficient (Wildman–Crippen LogP) is 2.85. The van der Waals surface area contributed by atoms with Crippen molar-refractivity contribution >= 4 is 28.8 Å². The maximum Gasteiger partial charge on any atom is 0.255 e. The predicted molar refractivity (Wildman–Crippen MR) is 76.6 cm³/mol. The highest BCUT2D eigenvalue weighted by Crippen LogP contribution is 2.19. The average Bonchev–Trinajstić information content (AvgIpc) is 2.39. The first-order valence-electron chi connectivity index (χ1n) is 5.64. The summed E-state index contributed by atoms with van der Waals surface area (Å²) in [6.45, 7) is 0. The molecule has 0 atom stereocenters. The number of carbonyl (C=O) groups is 1. The monoisotopic (exact) mass is 292 g/mol. The zero-order chi connectivity index (χ0) is 14.7. The zero-order valence-corrected chi connectivity index (χ0v) is 11.0. The maximum absolute atomic E-state index is 13.6. The largest absolute Gasteiger partial charge is 0.389 e. The number of anilines is 1. The Labute approximate surface area is 119 Å². The number of amides is 1. The number of nitrogens with one attached hydrogen (secondary N) is 1. The van der Waals surface area contributed by atoms with Gasteiger partial charge in [-0.2, -0.15) is 0 Å². The van der Waals surface area contributed by atoms with Crippen molar-refractivity contribution in [3.8, 4) is 0 Å². The lowest BCUT2D eigenvalue weighted by Gasteiger charge is -2.10. The van der Waals surface area contributed by atoms with Crippen molar-refractivity contribution in [2.75, 3.05) is 5.32 Å². The fourth-order valence-electron chi connectivity index (χ4n) is 1.67. The van der Waals surface area contributed by atoms with Crippen LogP contribution >= 0.6 is 12.2 Å². The summed E-state index contributed by atoms with van der Waals surface area (Å²) in [4.78, 5) is 11.8. The van der Waals surface area contributed by atoms with E-state index in [1.165, 1.54) is 30.3 Å². The molecule has 3 nitrogen and oxygen atoms in total. The molecule has 0 aromatic heterocycles. The van der Waals surface area contributed by atoms with E-state index < -0.39 is 17.5 Å². The Morgan fingerprint density at radius 2 is 1.75 bits per heavy atom. The highest BCUT2D eigenvalue weighted by molar-refractivity contribution is 7.80. The summed E-state index contributed by atoms with van der Waals surface area (Å²) in [7, 11) is 0. The van der Waals surface area contributed by atoms with E-state index >= 15 is 0 Å². The van der Waals surface area contributed by atoms with Gasteiger partial charge in [-0.15, -0.1) is 0 Å². The molecule has 0 fully saturated rings. The van der Waals surface area contributed by atoms with Gasteiger partial charge in [-0.1, -0.05) is 18.3 Å². The molecule has 0 radical (unpaired) electrons. The van der Waals surface area contributed by atoms with Crippen LogP contribution in [-0.4, -0.2) is 10.9 Å². The maximum atomic E-state index is 13.6. The summed E-state index contributed by atoms with van der Waals surface area (Å²) in [5, 5.41) is 2.50. The van der Waals surface area contributed by atoms with Crippen LogP contribution in [0.3, 0.4) is 0 Å². The van der Waals surface area contributed by atoms with E-state index in [9.17, 15) is 13.6 Å². The Morgan fingerprint density at radius 3 is 2.35 bits per heavy atom. The van der Waals surface area contributed by atoms with E-state index in [1.54, 1.807) is 0 Å². The minimum absolute atomic E-state index is 0.0297. The van der Waals surface area contributed by atoms with Gasteiger partial charge in [0, 0.05) is 5.56 Å². The van der Waals surface area contributed by atoms with E-state index in [-0.39, 0.29) is 21.8 Å². The van der Waals surface area contributed by atoms with Gasteiger partial charge in [0.1, 0.15) is 16.6 Å². The van der Waals surface area contributed by atoms with Gasteiger partial charge >= 0.3 is 0 Å². The molecule has 0 bridgehead atoms. The van der Waals surface area contributed by atoms with Gasteiger partial charge < -0.3 is 11.1 Å². The smallest absolute Gasteiger partial charge is 0.255 e. The Bertz CT molecular complexity index is 671. The molecule has 2 rings (SSSR count). The van der Waals surface area contributed by atoms with E-state index in [0.717, 1.165) is 12.1 Å². The van der Waals surface area contributed by atoms with Crippen LogP contribution in [0.4, 0.5) is 14.5 Å². The molecule has 2 aromatic carbocycles. The van der Waals surface area contributed by atoms with Crippen molar-refractivity contribution in [3.05, 3.63) is 65.2 Å². The number of carbonyl (C=O) groups excluding carboxylic acids is 1. The summed E-state index contributed by atoms with van der Waals surface area (Å²) in [5.74, 6) is -1.57. The lowest BCUT2D eigenvalue weighted by molar-refractivity contribution is 0.102. The first-order valence-corrected chi connectivity index (χ1v) is 6.05. The SMILES string of the molecule is NC(=S)c1c(F)cccc1NC(=O)c1ccc(F)cc1. The van der Waals surface area contributed by atoms with Gasteiger partial charge in [0.2, 0.25) is 0 Å². The van der Waals surface area contributed by atoms with Gasteiger partial charge in [0.05, 0.1) is 11.3 Å². The number of nitrogens with two attached hydrogens (primary N) is 1. The minimum Gasteiger partial charge on any atom is -0.389 e. The molecule has 2 aromatic rings. The number of hydrogen-bond acceptors (Lipinski definition) is 2. The molecular weight excluding hydrogens is 282 g/mol. The number of halogens is 2. The second-order valence-electron chi connectivity index (χ2n) is 3.99. The molecule has 6 heteroatoms. The average molecular weight is 292 g/mol. The summed E-state index contributed by atoms with van der Waals surface area (Å²) in [6.07, 6.45) is 0. The molecular formula is C14H10F2N2OS. The standard InChI is InChI=1S/C14H10F2N2OS/c15-9-6-4-8(5-7-9)14(19)18-11-3-1-2-10(16)12(11)13(17)20/h1-7H,(H2,17,20)(H,18,19). The van der Waals surface area contributed by atoms with Crippen molar-refractivity contribution < 1.29 is 13.6 Å². The van der Waals surface area contributed by atoms with Crippen LogP contribution in [0.5, 0.6) is 0 Å². The number of benzene rings is 2. The fraction of sp³-hybridized carbons (Fsp3) is 0. The van der Waals surface area contributed by atoms with Gasteiger partial charge in [-0.3, -0.25) is 4.79 Å². The second kappa shape index (κ2) is 5.75. The highest BCUT2D eigenvalue weighted by atomic mass is 32.1. The van der Waals surface area contributed by atoms with Crippen LogP contribution in [0.1, 0.15) is 15.9 Å². The fourth-order valence-corrected chi connectivity index (χ4v) is 1.88. The van der Waals surface area contributed by atoms with Gasteiger partial charge in [0.15, 0.2) is 0 Å². The van der Waals surface area contributed by atoms with Crippen LogP contribution < -0.4 is 11.1 Å². The summed E-state index contributed by atoms with van der Waals surface area (Å²) in [5.41, 5.74) is 5.82. The Hall–Kier alpha value is -2.34. The third-order valence-electron chi connectivity index (χ3n) is 2.61. The van der Waals surface area contributed by atoms with E-state index in [4.69, 9.17) is 18.0 Å². The number of rotatable bonds is 3. The molecule has 0 saturated heterocycles. The Morgan fingerprint density at radius 1 is 1.10 bits per heavy atom. The van der Waals surface area contributed by atoms with E-state index in [0.29, 0.717) is 0 Å². The highest BCUT2D eigenvalue weighted by Gasteiger charge is 2.14. The Kier molecular flexibility index (Phi) is 4.05. The third kappa shape index (κ3) is 2.97. The van der Waals surface area contributed by atoms with Crippen molar-refractivity contribution in [2.45, 2.75) is 0 Å². The molecule has 0 spiro atoms. The lowest BCUT2D eigenvalue weighted by atomic mass is 10.1. The molecule has 0 aliphatic carbocycles. The van der Waals surface area contributed by atoms with Crippen molar-refractivity contribution in [2.24, 2.45) is 5.73 Å². The zero-order valence-electron chi connectivity index (χ0n) is 10.2. The summed E-state index contributed by atoms with van der Waals surface area (Å²) < 4.78 is 26.4. The first kappa shape index (κ1) is 14.1. The summed E-state index contributed by atoms with van der Waals surface area (Å²) in [6, 6.07) is 9.08. The first-order chi connectivity index (χ1) is 9.49. The molecule has 0 aliphatic heterocycles. The van der Waals surface area contributed by atoms with Crippen molar-refractivity contribution in [1.82, 2.24) is 0 Å². The van der Waals surface area contributed by atoms with Crippen LogP contribution in [-0.2, 0) is 0 Å².